The predicted octanol–water partition coefficient (Wildman–Crippen LogP) is 0.770. The van der Waals surface area contributed by atoms with E-state index < -0.39 is 0 Å². The highest BCUT2D eigenvalue weighted by Gasteiger charge is 2.10. The Bertz CT molecular complexity index is 621. The Labute approximate surface area is 109 Å². The van der Waals surface area contributed by atoms with E-state index in [1.54, 1.807) is 12.1 Å². The second kappa shape index (κ2) is 5.47. The van der Waals surface area contributed by atoms with Crippen molar-refractivity contribution < 1.29 is 4.74 Å². The molecule has 19 heavy (non-hydrogen) atoms. The zero-order valence-corrected chi connectivity index (χ0v) is 10.8. The second-order valence-corrected chi connectivity index (χ2v) is 3.99. The summed E-state index contributed by atoms with van der Waals surface area (Å²) < 4.78 is 4.91. The predicted molar refractivity (Wildman–Crippen MR) is 70.8 cm³/mol. The first-order chi connectivity index (χ1) is 9.15. The largest absolute Gasteiger partial charge is 0.480 e. The number of nitrogen functional groups attached to an aromatic ring is 1. The van der Waals surface area contributed by atoms with Crippen LogP contribution in [0, 0.1) is 0 Å². The van der Waals surface area contributed by atoms with Gasteiger partial charge in [-0.3, -0.25) is 4.79 Å². The third kappa shape index (κ3) is 2.70. The lowest BCUT2D eigenvalue weighted by atomic mass is 10.2. The van der Waals surface area contributed by atoms with Crippen LogP contribution in [0.15, 0.2) is 16.9 Å². The van der Waals surface area contributed by atoms with Gasteiger partial charge in [0.05, 0.1) is 12.7 Å². The zero-order chi connectivity index (χ0) is 13.8. The van der Waals surface area contributed by atoms with E-state index >= 15 is 0 Å². The molecule has 100 valence electrons. The van der Waals surface area contributed by atoms with Gasteiger partial charge in [0.1, 0.15) is 11.5 Å². The molecule has 0 aliphatic carbocycles. The smallest absolute Gasteiger partial charge is 0.256 e. The summed E-state index contributed by atoms with van der Waals surface area (Å²) in [5.41, 5.74) is 6.51. The molecule has 0 saturated carbocycles. The van der Waals surface area contributed by atoms with Crippen LogP contribution in [-0.2, 0) is 6.42 Å². The molecule has 2 heterocycles. The molecule has 0 aliphatic rings. The summed E-state index contributed by atoms with van der Waals surface area (Å²) in [7, 11) is 1.50. The Morgan fingerprint density at radius 1 is 1.37 bits per heavy atom. The van der Waals surface area contributed by atoms with Crippen molar-refractivity contribution >= 4 is 5.82 Å². The van der Waals surface area contributed by atoms with Gasteiger partial charge in [-0.1, -0.05) is 13.3 Å². The molecule has 7 heteroatoms. The molecular weight excluding hydrogens is 246 g/mol. The summed E-state index contributed by atoms with van der Waals surface area (Å²) in [5.74, 6) is 0.928. The average molecular weight is 261 g/mol. The minimum atomic E-state index is -0.234. The van der Waals surface area contributed by atoms with Crippen molar-refractivity contribution in [3.05, 3.63) is 28.0 Å². The molecule has 0 spiro atoms. The third-order valence-corrected chi connectivity index (χ3v) is 2.64. The van der Waals surface area contributed by atoms with Crippen molar-refractivity contribution in [2.45, 2.75) is 19.8 Å². The highest BCUT2D eigenvalue weighted by molar-refractivity contribution is 5.52. The van der Waals surface area contributed by atoms with Crippen LogP contribution in [0.1, 0.15) is 18.9 Å². The van der Waals surface area contributed by atoms with E-state index in [2.05, 4.69) is 20.2 Å². The van der Waals surface area contributed by atoms with Crippen LogP contribution in [-0.4, -0.2) is 27.3 Å². The number of nitrogens with one attached hydrogen (secondary N) is 1. The number of nitrogens with zero attached hydrogens (tertiary/aromatic N) is 3. The topological polar surface area (TPSA) is 107 Å². The van der Waals surface area contributed by atoms with Crippen LogP contribution < -0.4 is 16.0 Å². The molecule has 0 atom stereocenters. The number of ether oxygens (including phenoxy) is 1. The molecule has 0 fully saturated rings. The van der Waals surface area contributed by atoms with Gasteiger partial charge >= 0.3 is 0 Å². The van der Waals surface area contributed by atoms with Crippen LogP contribution in [0.3, 0.4) is 0 Å². The quantitative estimate of drug-likeness (QED) is 0.841. The fourth-order valence-electron chi connectivity index (χ4n) is 1.68. The van der Waals surface area contributed by atoms with Crippen molar-refractivity contribution in [2.75, 3.05) is 12.8 Å². The molecule has 0 amide bonds. The van der Waals surface area contributed by atoms with Gasteiger partial charge in [-0.25, -0.2) is 4.98 Å². The van der Waals surface area contributed by atoms with Crippen LogP contribution in [0.4, 0.5) is 5.82 Å². The summed E-state index contributed by atoms with van der Waals surface area (Å²) >= 11 is 0. The number of nitrogens with two attached hydrogens (primary N) is 1. The van der Waals surface area contributed by atoms with Crippen LogP contribution >= 0.6 is 0 Å². The Kier molecular flexibility index (Phi) is 3.74. The second-order valence-electron chi connectivity index (χ2n) is 3.99. The number of methoxy groups -OCH3 is 1. The van der Waals surface area contributed by atoms with Crippen molar-refractivity contribution in [1.82, 2.24) is 20.2 Å². The summed E-state index contributed by atoms with van der Waals surface area (Å²) in [4.78, 5) is 18.7. The molecule has 3 N–H and O–H groups in total. The molecule has 0 unspecified atom stereocenters. The lowest BCUT2D eigenvalue weighted by Crippen LogP contribution is -2.18. The fraction of sp³-hybridized carbons (Fsp3) is 0.333. The van der Waals surface area contributed by atoms with Gasteiger partial charge < -0.3 is 15.5 Å². The van der Waals surface area contributed by atoms with E-state index in [-0.39, 0.29) is 11.4 Å². The van der Waals surface area contributed by atoms with Gasteiger partial charge in [-0.15, -0.1) is 10.2 Å². The molecule has 0 radical (unpaired) electrons. The minimum Gasteiger partial charge on any atom is -0.480 e. The van der Waals surface area contributed by atoms with E-state index in [0.29, 0.717) is 29.4 Å². The first-order valence-electron chi connectivity index (χ1n) is 5.92. The van der Waals surface area contributed by atoms with Crippen molar-refractivity contribution in [1.29, 1.82) is 0 Å². The van der Waals surface area contributed by atoms with Gasteiger partial charge in [0.2, 0.25) is 5.88 Å². The van der Waals surface area contributed by atoms with E-state index in [9.17, 15) is 4.79 Å². The fourth-order valence-corrected chi connectivity index (χ4v) is 1.68. The maximum Gasteiger partial charge on any atom is 0.256 e. The lowest BCUT2D eigenvalue weighted by molar-refractivity contribution is 0.392. The Morgan fingerprint density at radius 2 is 2.16 bits per heavy atom. The third-order valence-electron chi connectivity index (χ3n) is 2.64. The SMILES string of the molecule is CCCc1c(N)nc(-c2ccc(OC)nn2)[nH]c1=O. The van der Waals surface area contributed by atoms with E-state index in [1.807, 2.05) is 6.92 Å². The molecule has 0 aromatic carbocycles. The summed E-state index contributed by atoms with van der Waals surface area (Å²) in [6.45, 7) is 1.97. The Balaban J connectivity index is 2.42. The number of hydrogen-bond acceptors (Lipinski definition) is 6. The van der Waals surface area contributed by atoms with Gasteiger partial charge in [-0.2, -0.15) is 0 Å². The highest BCUT2D eigenvalue weighted by Crippen LogP contribution is 2.15. The van der Waals surface area contributed by atoms with Gasteiger partial charge in [0.15, 0.2) is 5.82 Å². The van der Waals surface area contributed by atoms with E-state index in [4.69, 9.17) is 10.5 Å². The molecule has 2 aromatic heterocycles. The van der Waals surface area contributed by atoms with Gasteiger partial charge in [0, 0.05) is 6.07 Å². The average Bonchev–Trinajstić information content (AvgIpc) is 2.43. The maximum atomic E-state index is 11.9. The number of aromatic nitrogens is 4. The number of rotatable bonds is 4. The van der Waals surface area contributed by atoms with Gasteiger partial charge in [-0.05, 0) is 12.5 Å². The summed E-state index contributed by atoms with van der Waals surface area (Å²) in [6, 6.07) is 3.29. The first kappa shape index (κ1) is 13.0. The monoisotopic (exact) mass is 261 g/mol. The lowest BCUT2D eigenvalue weighted by Gasteiger charge is -2.05. The summed E-state index contributed by atoms with van der Waals surface area (Å²) in [6.07, 6.45) is 1.43. The van der Waals surface area contributed by atoms with Crippen LogP contribution in [0.25, 0.3) is 11.5 Å². The molecule has 2 rings (SSSR count). The highest BCUT2D eigenvalue weighted by atomic mass is 16.5. The maximum absolute atomic E-state index is 11.9. The van der Waals surface area contributed by atoms with Gasteiger partial charge in [0.25, 0.3) is 5.56 Å². The Hall–Kier alpha value is -2.44. The van der Waals surface area contributed by atoms with Crippen LogP contribution in [0.5, 0.6) is 5.88 Å². The molecule has 0 bridgehead atoms. The van der Waals surface area contributed by atoms with Crippen molar-refractivity contribution in [3.63, 3.8) is 0 Å². The molecule has 7 nitrogen and oxygen atoms in total. The standard InChI is InChI=1S/C12H15N5O2/c1-3-4-7-10(13)14-11(15-12(7)18)8-5-6-9(19-2)17-16-8/h5-6H,3-4H2,1-2H3,(H3,13,14,15,18). The van der Waals surface area contributed by atoms with Crippen LogP contribution in [0.2, 0.25) is 0 Å². The number of anilines is 1. The normalized spacial score (nSPS) is 10.4. The number of aromatic amines is 1. The minimum absolute atomic E-state index is 0.234. The molecule has 0 saturated heterocycles. The summed E-state index contributed by atoms with van der Waals surface area (Å²) in [5, 5.41) is 7.73. The number of H-pyrrole nitrogens is 1. The zero-order valence-electron chi connectivity index (χ0n) is 10.8. The molecule has 2 aromatic rings. The van der Waals surface area contributed by atoms with E-state index in [1.165, 1.54) is 7.11 Å². The molecular formula is C12H15N5O2. The Morgan fingerprint density at radius 3 is 2.68 bits per heavy atom. The van der Waals surface area contributed by atoms with Crippen molar-refractivity contribution in [2.24, 2.45) is 0 Å². The van der Waals surface area contributed by atoms with Crippen molar-refractivity contribution in [3.8, 4) is 17.4 Å². The van der Waals surface area contributed by atoms with E-state index in [0.717, 1.165) is 6.42 Å². The number of hydrogen-bond donors (Lipinski definition) is 2. The molecule has 0 aliphatic heterocycles. The first-order valence-corrected chi connectivity index (χ1v) is 5.92.